The van der Waals surface area contributed by atoms with Crippen molar-refractivity contribution in [1.82, 2.24) is 9.73 Å². The molecule has 0 aromatic heterocycles. The number of halogens is 4. The Bertz CT molecular complexity index is 1020. The molecule has 29 heavy (non-hydrogen) atoms. The van der Waals surface area contributed by atoms with E-state index >= 15 is 0 Å². The molecule has 1 amide bonds. The number of hydrogen-bond donors (Lipinski definition) is 2. The Morgan fingerprint density at radius 2 is 1.69 bits per heavy atom. The van der Waals surface area contributed by atoms with Gasteiger partial charge in [-0.2, -0.15) is 4.31 Å². The first-order valence-electron chi connectivity index (χ1n) is 8.28. The molecule has 0 aliphatic carbocycles. The molecule has 2 N–H and O–H groups in total. The fraction of sp³-hybridized carbons (Fsp3) is 0.235. The number of hydrogen-bond acceptors (Lipinski definition) is 5. The van der Waals surface area contributed by atoms with Crippen LogP contribution in [0.25, 0.3) is 0 Å². The normalized spacial score (nSPS) is 15.2. The van der Waals surface area contributed by atoms with Gasteiger partial charge in [-0.25, -0.2) is 12.8 Å². The van der Waals surface area contributed by atoms with Gasteiger partial charge in [-0.15, -0.1) is 0 Å². The maximum absolute atomic E-state index is 14.2. The lowest BCUT2D eigenvalue weighted by atomic mass is 10.2. The lowest BCUT2D eigenvalue weighted by molar-refractivity contribution is 0.0729. The summed E-state index contributed by atoms with van der Waals surface area (Å²) in [7, 11) is -4.11. The molecular weight excluding hydrogens is 468 g/mol. The SMILES string of the molecule is O=C(NNc1c(Cl)cc(Cl)cc1Cl)c1ccc(F)c(S(=O)(=O)N2CCOCC2)c1. The Kier molecular flexibility index (Phi) is 6.87. The minimum atomic E-state index is -4.11. The number of rotatable bonds is 5. The number of carbonyl (C=O) groups is 1. The molecule has 2 aromatic carbocycles. The summed E-state index contributed by atoms with van der Waals surface area (Å²) in [4.78, 5) is 11.8. The van der Waals surface area contributed by atoms with E-state index in [2.05, 4.69) is 10.9 Å². The van der Waals surface area contributed by atoms with Gasteiger partial charge < -0.3 is 4.74 Å². The van der Waals surface area contributed by atoms with Gasteiger partial charge in [0.25, 0.3) is 5.91 Å². The zero-order chi connectivity index (χ0) is 21.2. The van der Waals surface area contributed by atoms with E-state index in [9.17, 15) is 17.6 Å². The highest BCUT2D eigenvalue weighted by atomic mass is 35.5. The number of benzene rings is 2. The fourth-order valence-corrected chi connectivity index (χ4v) is 5.03. The van der Waals surface area contributed by atoms with Crippen molar-refractivity contribution in [2.75, 3.05) is 31.7 Å². The van der Waals surface area contributed by atoms with E-state index in [1.807, 2.05) is 0 Å². The van der Waals surface area contributed by atoms with Crippen molar-refractivity contribution in [2.45, 2.75) is 4.90 Å². The largest absolute Gasteiger partial charge is 0.379 e. The Morgan fingerprint density at radius 3 is 2.31 bits per heavy atom. The van der Waals surface area contributed by atoms with E-state index in [1.54, 1.807) is 0 Å². The first-order chi connectivity index (χ1) is 13.7. The molecule has 7 nitrogen and oxygen atoms in total. The standard InChI is InChI=1S/C17H15Cl3FN3O4S/c18-11-8-12(19)16(13(20)9-11)22-23-17(25)10-1-2-14(21)15(7-10)29(26,27)24-3-5-28-6-4-24/h1-2,7-9,22H,3-6H2,(H,23,25). The third kappa shape index (κ3) is 4.93. The van der Waals surface area contributed by atoms with Crippen LogP contribution in [-0.4, -0.2) is 44.9 Å². The minimum Gasteiger partial charge on any atom is -0.379 e. The molecule has 0 bridgehead atoms. The highest BCUT2D eigenvalue weighted by molar-refractivity contribution is 7.89. The summed E-state index contributed by atoms with van der Waals surface area (Å²) in [6.07, 6.45) is 0. The molecule has 1 aliphatic heterocycles. The number of amides is 1. The Morgan fingerprint density at radius 1 is 1.07 bits per heavy atom. The molecule has 1 aliphatic rings. The molecule has 1 heterocycles. The van der Waals surface area contributed by atoms with Crippen LogP contribution < -0.4 is 10.9 Å². The second kappa shape index (κ2) is 9.03. The van der Waals surface area contributed by atoms with Crippen molar-refractivity contribution in [3.8, 4) is 0 Å². The summed E-state index contributed by atoms with van der Waals surface area (Å²) in [5, 5.41) is 0.642. The quantitative estimate of drug-likeness (QED) is 0.636. The molecule has 156 valence electrons. The van der Waals surface area contributed by atoms with Gasteiger partial charge in [0, 0.05) is 23.7 Å². The van der Waals surface area contributed by atoms with Gasteiger partial charge in [0.05, 0.1) is 28.9 Å². The average Bonchev–Trinajstić information content (AvgIpc) is 2.68. The molecule has 1 saturated heterocycles. The van der Waals surface area contributed by atoms with E-state index in [1.165, 1.54) is 12.1 Å². The van der Waals surface area contributed by atoms with Gasteiger partial charge in [-0.3, -0.25) is 15.6 Å². The van der Waals surface area contributed by atoms with Crippen LogP contribution in [-0.2, 0) is 14.8 Å². The summed E-state index contributed by atoms with van der Waals surface area (Å²) in [6.45, 7) is 0.641. The highest BCUT2D eigenvalue weighted by Gasteiger charge is 2.29. The van der Waals surface area contributed by atoms with Crippen LogP contribution in [0.3, 0.4) is 0 Å². The molecule has 12 heteroatoms. The van der Waals surface area contributed by atoms with Gasteiger partial charge in [0.15, 0.2) is 0 Å². The summed E-state index contributed by atoms with van der Waals surface area (Å²) < 4.78 is 45.9. The first-order valence-corrected chi connectivity index (χ1v) is 10.9. The van der Waals surface area contributed by atoms with Crippen molar-refractivity contribution >= 4 is 56.4 Å². The second-order valence-corrected chi connectivity index (χ2v) is 9.14. The zero-order valence-corrected chi connectivity index (χ0v) is 17.8. The Labute approximate surface area is 181 Å². The topological polar surface area (TPSA) is 87.7 Å². The number of nitrogens with one attached hydrogen (secondary N) is 2. The monoisotopic (exact) mass is 481 g/mol. The number of anilines is 1. The van der Waals surface area contributed by atoms with Gasteiger partial charge >= 0.3 is 0 Å². The van der Waals surface area contributed by atoms with Crippen LogP contribution in [0.4, 0.5) is 10.1 Å². The minimum absolute atomic E-state index is 0.0769. The fourth-order valence-electron chi connectivity index (χ4n) is 2.62. The maximum Gasteiger partial charge on any atom is 0.269 e. The predicted molar refractivity (Wildman–Crippen MR) is 109 cm³/mol. The van der Waals surface area contributed by atoms with E-state index in [4.69, 9.17) is 39.5 Å². The van der Waals surface area contributed by atoms with Crippen molar-refractivity contribution in [3.05, 3.63) is 56.8 Å². The summed E-state index contributed by atoms with van der Waals surface area (Å²) in [6, 6.07) is 5.91. The van der Waals surface area contributed by atoms with E-state index in [0.717, 1.165) is 22.5 Å². The lowest BCUT2D eigenvalue weighted by Crippen LogP contribution is -2.41. The molecule has 0 saturated carbocycles. The highest BCUT2D eigenvalue weighted by Crippen LogP contribution is 2.33. The van der Waals surface area contributed by atoms with Crippen LogP contribution >= 0.6 is 34.8 Å². The van der Waals surface area contributed by atoms with Gasteiger partial charge in [-0.05, 0) is 30.3 Å². The van der Waals surface area contributed by atoms with Crippen molar-refractivity contribution in [2.24, 2.45) is 0 Å². The van der Waals surface area contributed by atoms with Crippen molar-refractivity contribution < 1.29 is 22.3 Å². The van der Waals surface area contributed by atoms with Crippen LogP contribution in [0.1, 0.15) is 10.4 Å². The van der Waals surface area contributed by atoms with E-state index < -0.39 is 26.6 Å². The van der Waals surface area contributed by atoms with Gasteiger partial charge in [-0.1, -0.05) is 34.8 Å². The number of morpholine rings is 1. The zero-order valence-electron chi connectivity index (χ0n) is 14.7. The summed E-state index contributed by atoms with van der Waals surface area (Å²) in [5.74, 6) is -1.67. The third-order valence-electron chi connectivity index (χ3n) is 4.09. The summed E-state index contributed by atoms with van der Waals surface area (Å²) >= 11 is 17.9. The molecule has 0 unspecified atom stereocenters. The number of hydrazine groups is 1. The van der Waals surface area contributed by atoms with E-state index in [-0.39, 0.29) is 47.6 Å². The number of nitrogens with zero attached hydrogens (tertiary/aromatic N) is 1. The lowest BCUT2D eigenvalue weighted by Gasteiger charge is -2.26. The van der Waals surface area contributed by atoms with E-state index in [0.29, 0.717) is 5.02 Å². The van der Waals surface area contributed by atoms with Crippen molar-refractivity contribution in [1.29, 1.82) is 0 Å². The van der Waals surface area contributed by atoms with Crippen LogP contribution in [0.15, 0.2) is 35.2 Å². The molecule has 0 spiro atoms. The van der Waals surface area contributed by atoms with Gasteiger partial charge in [0.1, 0.15) is 10.7 Å². The molecule has 1 fully saturated rings. The number of ether oxygens (including phenoxy) is 1. The Hall–Kier alpha value is -1.62. The first kappa shape index (κ1) is 22.1. The Balaban J connectivity index is 1.81. The molecule has 2 aromatic rings. The smallest absolute Gasteiger partial charge is 0.269 e. The van der Waals surface area contributed by atoms with Gasteiger partial charge in [0.2, 0.25) is 10.0 Å². The predicted octanol–water partition coefficient (Wildman–Crippen LogP) is 3.56. The maximum atomic E-state index is 14.2. The molecule has 3 rings (SSSR count). The van der Waals surface area contributed by atoms with Crippen LogP contribution in [0.2, 0.25) is 15.1 Å². The number of carbonyl (C=O) groups excluding carboxylic acids is 1. The molecule has 0 radical (unpaired) electrons. The van der Waals surface area contributed by atoms with Crippen LogP contribution in [0, 0.1) is 5.82 Å². The summed E-state index contributed by atoms with van der Waals surface area (Å²) in [5.41, 5.74) is 5.02. The molecular formula is C17H15Cl3FN3O4S. The van der Waals surface area contributed by atoms with Crippen LogP contribution in [0.5, 0.6) is 0 Å². The number of sulfonamides is 1. The molecule has 0 atom stereocenters. The second-order valence-electron chi connectivity index (χ2n) is 5.99. The third-order valence-corrected chi connectivity index (χ3v) is 6.82. The average molecular weight is 483 g/mol. The van der Waals surface area contributed by atoms with Crippen molar-refractivity contribution in [3.63, 3.8) is 0 Å².